The highest BCUT2D eigenvalue weighted by molar-refractivity contribution is 7.75. The van der Waals surface area contributed by atoms with E-state index in [-0.39, 0.29) is 6.29 Å². The molecule has 0 rings (SSSR count). The topological polar surface area (TPSA) is 18.5 Å². The first-order valence-electron chi connectivity index (χ1n) is 1.41. The molecule has 0 fully saturated rings. The zero-order valence-corrected chi connectivity index (χ0v) is 5.08. The Morgan fingerprint density at radius 3 is 1.67 bits per heavy atom. The molecular formula is C2H6O2S2. The van der Waals surface area contributed by atoms with Gasteiger partial charge in [0.2, 0.25) is 0 Å². The van der Waals surface area contributed by atoms with Gasteiger partial charge < -0.3 is 0 Å². The van der Waals surface area contributed by atoms with Crippen LogP contribution in [0.25, 0.3) is 0 Å². The molecule has 4 heteroatoms. The van der Waals surface area contributed by atoms with Crippen molar-refractivity contribution in [2.24, 2.45) is 0 Å². The highest BCUT2D eigenvalue weighted by Gasteiger charge is 1.90. The molecule has 0 saturated carbocycles. The Balaban J connectivity index is 2.75. The van der Waals surface area contributed by atoms with Gasteiger partial charge in [0.25, 0.3) is 0 Å². The van der Waals surface area contributed by atoms with E-state index in [1.54, 1.807) is 6.92 Å². The third-order valence-electron chi connectivity index (χ3n) is 0.297. The molecule has 0 aromatic carbocycles. The first-order chi connectivity index (χ1) is 2.81. The molecule has 0 aliphatic carbocycles. The molecule has 0 atom stereocenters. The maximum Gasteiger partial charge on any atom is 0.180 e. The zero-order valence-electron chi connectivity index (χ0n) is 3.29. The average molecular weight is 126 g/mol. The van der Waals surface area contributed by atoms with Crippen LogP contribution in [0.5, 0.6) is 0 Å². The standard InChI is InChI=1S/C2H6O2S2/c1-2(3-5)4-6/h2,5-6H,1H3. The molecule has 38 valence electrons. The lowest BCUT2D eigenvalue weighted by Crippen LogP contribution is -1.98. The van der Waals surface area contributed by atoms with E-state index >= 15 is 0 Å². The summed E-state index contributed by atoms with van der Waals surface area (Å²) >= 11 is 6.84. The van der Waals surface area contributed by atoms with Crippen molar-refractivity contribution in [3.8, 4) is 0 Å². The van der Waals surface area contributed by atoms with Crippen LogP contribution in [-0.2, 0) is 8.37 Å². The van der Waals surface area contributed by atoms with Crippen LogP contribution >= 0.6 is 25.8 Å². The normalized spacial score (nSPS) is 10.0. The van der Waals surface area contributed by atoms with Crippen LogP contribution in [0.1, 0.15) is 6.92 Å². The fraction of sp³-hybridized carbons (Fsp3) is 1.00. The zero-order chi connectivity index (χ0) is 4.99. The predicted molar refractivity (Wildman–Crippen MR) is 29.6 cm³/mol. The molecule has 2 nitrogen and oxygen atoms in total. The second-order valence-corrected chi connectivity index (χ2v) is 1.20. The van der Waals surface area contributed by atoms with E-state index in [0.717, 1.165) is 0 Å². The Labute approximate surface area is 48.1 Å². The van der Waals surface area contributed by atoms with Gasteiger partial charge in [0.15, 0.2) is 6.29 Å². The summed E-state index contributed by atoms with van der Waals surface area (Å²) in [6.07, 6.45) is -0.336. The van der Waals surface area contributed by atoms with Gasteiger partial charge in [-0.15, -0.1) is 0 Å². The number of hydrogen-bond donors (Lipinski definition) is 2. The molecule has 0 radical (unpaired) electrons. The van der Waals surface area contributed by atoms with Crippen LogP contribution in [0.4, 0.5) is 0 Å². The average Bonchev–Trinajstić information content (AvgIpc) is 1.65. The second kappa shape index (κ2) is 3.80. The molecule has 0 aromatic heterocycles. The molecule has 6 heavy (non-hydrogen) atoms. The lowest BCUT2D eigenvalue weighted by Gasteiger charge is -1.99. The molecule has 0 saturated heterocycles. The summed E-state index contributed by atoms with van der Waals surface area (Å²) in [6, 6.07) is 0. The molecule has 0 aliphatic heterocycles. The Morgan fingerprint density at radius 2 is 1.67 bits per heavy atom. The van der Waals surface area contributed by atoms with Crippen molar-refractivity contribution >= 4 is 25.8 Å². The Hall–Kier alpha value is 0.620. The van der Waals surface area contributed by atoms with Gasteiger partial charge in [-0.3, -0.25) is 8.37 Å². The van der Waals surface area contributed by atoms with E-state index in [1.165, 1.54) is 0 Å². The minimum atomic E-state index is -0.336. The third-order valence-corrected chi connectivity index (χ3v) is 0.891. The van der Waals surface area contributed by atoms with E-state index in [1.807, 2.05) is 0 Å². The Kier molecular flexibility index (Phi) is 4.19. The molecule has 0 spiro atoms. The summed E-state index contributed by atoms with van der Waals surface area (Å²) < 4.78 is 8.59. The summed E-state index contributed by atoms with van der Waals surface area (Å²) in [5, 5.41) is 0. The SMILES string of the molecule is CC(OS)OS. The van der Waals surface area contributed by atoms with Crippen molar-refractivity contribution in [3.63, 3.8) is 0 Å². The van der Waals surface area contributed by atoms with Crippen LogP contribution < -0.4 is 0 Å². The van der Waals surface area contributed by atoms with Gasteiger partial charge in [-0.25, -0.2) is 0 Å². The van der Waals surface area contributed by atoms with Crippen molar-refractivity contribution in [1.29, 1.82) is 0 Å². The monoisotopic (exact) mass is 126 g/mol. The van der Waals surface area contributed by atoms with Gasteiger partial charge >= 0.3 is 0 Å². The van der Waals surface area contributed by atoms with Crippen LogP contribution in [0.3, 0.4) is 0 Å². The maximum atomic E-state index is 4.30. The van der Waals surface area contributed by atoms with E-state index < -0.39 is 0 Å². The highest BCUT2D eigenvalue weighted by atomic mass is 32.1. The van der Waals surface area contributed by atoms with Gasteiger partial charge in [-0.1, -0.05) is 0 Å². The van der Waals surface area contributed by atoms with Gasteiger partial charge in [0.05, 0.1) is 0 Å². The maximum absolute atomic E-state index is 4.30. The van der Waals surface area contributed by atoms with E-state index in [2.05, 4.69) is 34.2 Å². The lowest BCUT2D eigenvalue weighted by molar-refractivity contribution is 0.0665. The Bertz CT molecular complexity index is 28.7. The molecular weight excluding hydrogens is 120 g/mol. The predicted octanol–water partition coefficient (Wildman–Crippen LogP) is 1.06. The van der Waals surface area contributed by atoms with Crippen LogP contribution in [-0.4, -0.2) is 6.29 Å². The molecule has 0 aromatic rings. The molecule has 0 N–H and O–H groups in total. The first-order valence-corrected chi connectivity index (χ1v) is 2.14. The van der Waals surface area contributed by atoms with Crippen molar-refractivity contribution < 1.29 is 8.37 Å². The smallest absolute Gasteiger partial charge is 0.180 e. The van der Waals surface area contributed by atoms with Crippen molar-refractivity contribution in [2.45, 2.75) is 13.2 Å². The summed E-state index contributed by atoms with van der Waals surface area (Å²) in [4.78, 5) is 0. The fourth-order valence-corrected chi connectivity index (χ4v) is 0.173. The van der Waals surface area contributed by atoms with Crippen molar-refractivity contribution in [1.82, 2.24) is 0 Å². The summed E-state index contributed by atoms with van der Waals surface area (Å²) in [6.45, 7) is 1.68. The van der Waals surface area contributed by atoms with E-state index in [0.29, 0.717) is 0 Å². The van der Waals surface area contributed by atoms with Gasteiger partial charge in [0.1, 0.15) is 0 Å². The minimum Gasteiger partial charge on any atom is -0.287 e. The van der Waals surface area contributed by atoms with Gasteiger partial charge in [0, 0.05) is 0 Å². The molecule has 0 bridgehead atoms. The lowest BCUT2D eigenvalue weighted by atomic mass is 10.8. The highest BCUT2D eigenvalue weighted by Crippen LogP contribution is 1.95. The summed E-state index contributed by atoms with van der Waals surface area (Å²) in [5.74, 6) is 0. The third kappa shape index (κ3) is 2.84. The number of rotatable bonds is 2. The number of hydrogen-bond acceptors (Lipinski definition) is 4. The van der Waals surface area contributed by atoms with Gasteiger partial charge in [-0.2, -0.15) is 0 Å². The van der Waals surface area contributed by atoms with E-state index in [4.69, 9.17) is 0 Å². The van der Waals surface area contributed by atoms with Gasteiger partial charge in [-0.05, 0) is 32.7 Å². The number of thiol groups is 2. The largest absolute Gasteiger partial charge is 0.287 e. The van der Waals surface area contributed by atoms with Crippen molar-refractivity contribution in [2.75, 3.05) is 0 Å². The second-order valence-electron chi connectivity index (χ2n) is 0.778. The molecule has 0 amide bonds. The molecule has 0 unspecified atom stereocenters. The summed E-state index contributed by atoms with van der Waals surface area (Å²) in [7, 11) is 0. The molecule has 0 heterocycles. The first kappa shape index (κ1) is 6.62. The fourth-order valence-electron chi connectivity index (χ4n) is 0.0192. The minimum absolute atomic E-state index is 0.336. The van der Waals surface area contributed by atoms with Crippen LogP contribution in [0, 0.1) is 0 Å². The summed E-state index contributed by atoms with van der Waals surface area (Å²) in [5.41, 5.74) is 0. The Morgan fingerprint density at radius 1 is 1.33 bits per heavy atom. The van der Waals surface area contributed by atoms with Crippen LogP contribution in [0.2, 0.25) is 0 Å². The van der Waals surface area contributed by atoms with Crippen LogP contribution in [0.15, 0.2) is 0 Å². The quantitative estimate of drug-likeness (QED) is 0.327. The van der Waals surface area contributed by atoms with E-state index in [9.17, 15) is 0 Å². The molecule has 0 aliphatic rings. The van der Waals surface area contributed by atoms with Crippen molar-refractivity contribution in [3.05, 3.63) is 0 Å².